The highest BCUT2D eigenvalue weighted by Gasteiger charge is 2.09. The summed E-state index contributed by atoms with van der Waals surface area (Å²) in [6.45, 7) is 1.92. The molecule has 0 unspecified atom stereocenters. The van der Waals surface area contributed by atoms with Crippen LogP contribution < -0.4 is 10.9 Å². The molecule has 7 nitrogen and oxygen atoms in total. The SMILES string of the molecule is CCOC(=O)CNc1cnn(CCO)c(=O)c1Br. The summed E-state index contributed by atoms with van der Waals surface area (Å²) in [5.41, 5.74) is 0.0279. The standard InChI is InChI=1S/C10H14BrN3O4/c1-2-18-8(16)6-12-7-5-13-14(3-4-15)10(17)9(7)11/h5,12,15H,2-4,6H2,1H3. The molecule has 0 aliphatic rings. The van der Waals surface area contributed by atoms with Crippen LogP contribution in [-0.2, 0) is 16.1 Å². The van der Waals surface area contributed by atoms with E-state index in [0.29, 0.717) is 12.3 Å². The van der Waals surface area contributed by atoms with Gasteiger partial charge in [-0.05, 0) is 22.9 Å². The van der Waals surface area contributed by atoms with Gasteiger partial charge in [0.1, 0.15) is 11.0 Å². The number of nitrogens with one attached hydrogen (secondary N) is 1. The fourth-order valence-electron chi connectivity index (χ4n) is 1.22. The monoisotopic (exact) mass is 319 g/mol. The van der Waals surface area contributed by atoms with Crippen molar-refractivity contribution in [1.82, 2.24) is 9.78 Å². The lowest BCUT2D eigenvalue weighted by molar-refractivity contribution is -0.140. The van der Waals surface area contributed by atoms with Crippen molar-refractivity contribution in [2.75, 3.05) is 25.1 Å². The van der Waals surface area contributed by atoms with Gasteiger partial charge in [0.25, 0.3) is 5.56 Å². The van der Waals surface area contributed by atoms with Crippen LogP contribution in [-0.4, -0.2) is 40.6 Å². The lowest BCUT2D eigenvalue weighted by atomic mass is 10.4. The van der Waals surface area contributed by atoms with Crippen LogP contribution >= 0.6 is 15.9 Å². The van der Waals surface area contributed by atoms with E-state index in [9.17, 15) is 9.59 Å². The molecule has 0 spiro atoms. The summed E-state index contributed by atoms with van der Waals surface area (Å²) in [5, 5.41) is 15.3. The van der Waals surface area contributed by atoms with Crippen LogP contribution in [0.15, 0.2) is 15.5 Å². The maximum Gasteiger partial charge on any atom is 0.325 e. The third kappa shape index (κ3) is 3.81. The van der Waals surface area contributed by atoms with Crippen molar-refractivity contribution >= 4 is 27.6 Å². The molecule has 0 amide bonds. The number of nitrogens with zero attached hydrogens (tertiary/aromatic N) is 2. The van der Waals surface area contributed by atoms with Crippen LogP contribution in [0.2, 0.25) is 0 Å². The molecule has 2 N–H and O–H groups in total. The number of carbonyl (C=O) groups excluding carboxylic acids is 1. The minimum Gasteiger partial charge on any atom is -0.465 e. The van der Waals surface area contributed by atoms with Gasteiger partial charge >= 0.3 is 5.97 Å². The minimum absolute atomic E-state index is 0.0441. The summed E-state index contributed by atoms with van der Waals surface area (Å²) in [4.78, 5) is 22.9. The van der Waals surface area contributed by atoms with Gasteiger partial charge in [0.05, 0.1) is 31.6 Å². The lowest BCUT2D eigenvalue weighted by Gasteiger charge is -2.09. The van der Waals surface area contributed by atoms with E-state index in [0.717, 1.165) is 4.68 Å². The fourth-order valence-corrected chi connectivity index (χ4v) is 1.67. The molecule has 0 aliphatic carbocycles. The van der Waals surface area contributed by atoms with Gasteiger partial charge in [-0.15, -0.1) is 0 Å². The molecule has 0 bridgehead atoms. The summed E-state index contributed by atoms with van der Waals surface area (Å²) in [6.07, 6.45) is 1.40. The highest BCUT2D eigenvalue weighted by Crippen LogP contribution is 2.15. The number of hydrogen-bond acceptors (Lipinski definition) is 6. The number of rotatable bonds is 6. The first-order valence-electron chi connectivity index (χ1n) is 5.36. The zero-order valence-corrected chi connectivity index (χ0v) is 11.4. The number of carbonyl (C=O) groups is 1. The van der Waals surface area contributed by atoms with Gasteiger partial charge in [0.15, 0.2) is 0 Å². The van der Waals surface area contributed by atoms with Crippen molar-refractivity contribution < 1.29 is 14.6 Å². The number of hydrogen-bond donors (Lipinski definition) is 2. The highest BCUT2D eigenvalue weighted by atomic mass is 79.9. The molecule has 0 saturated heterocycles. The molecule has 1 rings (SSSR count). The molecule has 18 heavy (non-hydrogen) atoms. The van der Waals surface area contributed by atoms with E-state index in [1.54, 1.807) is 6.92 Å². The van der Waals surface area contributed by atoms with E-state index in [1.807, 2.05) is 0 Å². The second-order valence-electron chi connectivity index (χ2n) is 3.28. The van der Waals surface area contributed by atoms with Crippen LogP contribution in [0.25, 0.3) is 0 Å². The largest absolute Gasteiger partial charge is 0.465 e. The van der Waals surface area contributed by atoms with Crippen LogP contribution in [0.4, 0.5) is 5.69 Å². The van der Waals surface area contributed by atoms with Crippen molar-refractivity contribution in [2.24, 2.45) is 0 Å². The number of halogens is 1. The summed E-state index contributed by atoms with van der Waals surface area (Å²) in [5.74, 6) is -0.413. The van der Waals surface area contributed by atoms with Crippen molar-refractivity contribution in [1.29, 1.82) is 0 Å². The van der Waals surface area contributed by atoms with Crippen LogP contribution in [0, 0.1) is 0 Å². The lowest BCUT2D eigenvalue weighted by Crippen LogP contribution is -2.26. The summed E-state index contributed by atoms with van der Waals surface area (Å²) in [7, 11) is 0. The summed E-state index contributed by atoms with van der Waals surface area (Å²) < 4.78 is 6.13. The zero-order valence-electron chi connectivity index (χ0n) is 9.85. The Balaban J connectivity index is 2.76. The number of aliphatic hydroxyl groups excluding tert-OH is 1. The number of anilines is 1. The smallest absolute Gasteiger partial charge is 0.325 e. The molecular weight excluding hydrogens is 306 g/mol. The Labute approximate surface area is 112 Å². The maximum absolute atomic E-state index is 11.7. The van der Waals surface area contributed by atoms with E-state index in [2.05, 4.69) is 26.3 Å². The highest BCUT2D eigenvalue weighted by molar-refractivity contribution is 9.10. The molecular formula is C10H14BrN3O4. The molecule has 0 saturated carbocycles. The van der Waals surface area contributed by atoms with Crippen molar-refractivity contribution in [3.8, 4) is 0 Å². The van der Waals surface area contributed by atoms with Gasteiger partial charge in [0, 0.05) is 0 Å². The number of aromatic nitrogens is 2. The van der Waals surface area contributed by atoms with Gasteiger partial charge in [-0.2, -0.15) is 5.10 Å². The van der Waals surface area contributed by atoms with Crippen LogP contribution in [0.5, 0.6) is 0 Å². The molecule has 1 aromatic heterocycles. The van der Waals surface area contributed by atoms with Crippen molar-refractivity contribution in [3.05, 3.63) is 21.0 Å². The predicted octanol–water partition coefficient (Wildman–Crippen LogP) is -0.0269. The Morgan fingerprint density at radius 2 is 2.39 bits per heavy atom. The van der Waals surface area contributed by atoms with Crippen LogP contribution in [0.3, 0.4) is 0 Å². The van der Waals surface area contributed by atoms with E-state index >= 15 is 0 Å². The number of ether oxygens (including phenoxy) is 1. The molecule has 0 aromatic carbocycles. The molecule has 100 valence electrons. The fraction of sp³-hybridized carbons (Fsp3) is 0.500. The second-order valence-corrected chi connectivity index (χ2v) is 4.08. The molecule has 0 aliphatic heterocycles. The molecule has 0 atom stereocenters. The van der Waals surface area contributed by atoms with Crippen LogP contribution in [0.1, 0.15) is 6.92 Å². The van der Waals surface area contributed by atoms with E-state index in [4.69, 9.17) is 9.84 Å². The Morgan fingerprint density at radius 3 is 3.00 bits per heavy atom. The normalized spacial score (nSPS) is 10.2. The van der Waals surface area contributed by atoms with E-state index in [1.165, 1.54) is 6.20 Å². The Kier molecular flexibility index (Phi) is 5.79. The van der Waals surface area contributed by atoms with Gasteiger partial charge in [0.2, 0.25) is 0 Å². The first-order chi connectivity index (χ1) is 8.60. The first-order valence-corrected chi connectivity index (χ1v) is 6.15. The van der Waals surface area contributed by atoms with Crippen molar-refractivity contribution in [2.45, 2.75) is 13.5 Å². The van der Waals surface area contributed by atoms with Gasteiger partial charge < -0.3 is 15.2 Å². The minimum atomic E-state index is -0.413. The number of esters is 1. The van der Waals surface area contributed by atoms with Gasteiger partial charge in [-0.1, -0.05) is 0 Å². The average Bonchev–Trinajstić information content (AvgIpc) is 2.35. The third-order valence-corrected chi connectivity index (χ3v) is 2.79. The van der Waals surface area contributed by atoms with Gasteiger partial charge in [-0.25, -0.2) is 4.68 Å². The Morgan fingerprint density at radius 1 is 1.67 bits per heavy atom. The second kappa shape index (κ2) is 7.12. The summed E-state index contributed by atoms with van der Waals surface area (Å²) in [6, 6.07) is 0. The Bertz CT molecular complexity index is 475. The van der Waals surface area contributed by atoms with Crippen molar-refractivity contribution in [3.63, 3.8) is 0 Å². The molecule has 0 radical (unpaired) electrons. The molecule has 1 aromatic rings. The topological polar surface area (TPSA) is 93.4 Å². The zero-order chi connectivity index (χ0) is 13.5. The average molecular weight is 320 g/mol. The maximum atomic E-state index is 11.7. The number of aliphatic hydroxyl groups is 1. The molecule has 8 heteroatoms. The van der Waals surface area contributed by atoms with E-state index in [-0.39, 0.29) is 29.7 Å². The molecule has 0 fully saturated rings. The molecule has 1 heterocycles. The quantitative estimate of drug-likeness (QED) is 0.715. The first kappa shape index (κ1) is 14.7. The predicted molar refractivity (Wildman–Crippen MR) is 68.4 cm³/mol. The Hall–Kier alpha value is -1.41. The summed E-state index contributed by atoms with van der Waals surface area (Å²) >= 11 is 3.12. The van der Waals surface area contributed by atoms with Gasteiger partial charge in [-0.3, -0.25) is 9.59 Å². The van der Waals surface area contributed by atoms with E-state index < -0.39 is 5.97 Å². The third-order valence-electron chi connectivity index (χ3n) is 2.03.